The number of carbonyl (C=O) groups excluding carboxylic acids is 2. The summed E-state index contributed by atoms with van der Waals surface area (Å²) in [7, 11) is 0. The van der Waals surface area contributed by atoms with E-state index in [-0.39, 0.29) is 12.4 Å². The van der Waals surface area contributed by atoms with Gasteiger partial charge in [-0.05, 0) is 30.7 Å². The van der Waals surface area contributed by atoms with Crippen molar-refractivity contribution in [3.05, 3.63) is 59.7 Å². The Labute approximate surface area is 147 Å². The summed E-state index contributed by atoms with van der Waals surface area (Å²) in [5.41, 5.74) is 2.35. The fourth-order valence-electron chi connectivity index (χ4n) is 2.14. The van der Waals surface area contributed by atoms with Crippen LogP contribution in [0.15, 0.2) is 52.9 Å². The highest BCUT2D eigenvalue weighted by Crippen LogP contribution is 2.32. The van der Waals surface area contributed by atoms with E-state index in [4.69, 9.17) is 4.74 Å². The van der Waals surface area contributed by atoms with Gasteiger partial charge in [-0.25, -0.2) is 9.78 Å². The van der Waals surface area contributed by atoms with Gasteiger partial charge < -0.3 is 4.74 Å². The number of thioether (sulfide) groups is 1. The van der Waals surface area contributed by atoms with E-state index in [1.165, 1.54) is 6.92 Å². The molecule has 4 nitrogen and oxygen atoms in total. The molecule has 3 aromatic rings. The highest BCUT2D eigenvalue weighted by atomic mass is 32.2. The van der Waals surface area contributed by atoms with Crippen LogP contribution < -0.4 is 0 Å². The van der Waals surface area contributed by atoms with Crippen LogP contribution in [0.5, 0.6) is 0 Å². The van der Waals surface area contributed by atoms with Gasteiger partial charge in [0.15, 0.2) is 10.1 Å². The minimum absolute atomic E-state index is 0.176. The summed E-state index contributed by atoms with van der Waals surface area (Å²) in [5, 5.41) is 0. The molecule has 0 fully saturated rings. The molecular formula is C18H15NO3S2. The first-order chi connectivity index (χ1) is 11.6. The topological polar surface area (TPSA) is 56.3 Å². The van der Waals surface area contributed by atoms with Gasteiger partial charge in [-0.3, -0.25) is 4.79 Å². The van der Waals surface area contributed by atoms with Crippen molar-refractivity contribution >= 4 is 45.1 Å². The summed E-state index contributed by atoms with van der Waals surface area (Å²) >= 11 is 3.22. The number of ketones is 1. The molecule has 24 heavy (non-hydrogen) atoms. The van der Waals surface area contributed by atoms with E-state index < -0.39 is 5.97 Å². The maximum Gasteiger partial charge on any atom is 0.338 e. The molecule has 6 heteroatoms. The Hall–Kier alpha value is -2.18. The lowest BCUT2D eigenvalue weighted by atomic mass is 10.1. The van der Waals surface area contributed by atoms with E-state index >= 15 is 0 Å². The Bertz CT molecular complexity index is 856. The quantitative estimate of drug-likeness (QED) is 0.485. The van der Waals surface area contributed by atoms with E-state index in [1.807, 2.05) is 36.4 Å². The van der Waals surface area contributed by atoms with Crippen molar-refractivity contribution in [2.45, 2.75) is 17.0 Å². The summed E-state index contributed by atoms with van der Waals surface area (Å²) in [6.07, 6.45) is 0. The molecule has 0 amide bonds. The van der Waals surface area contributed by atoms with E-state index in [1.54, 1.807) is 35.2 Å². The van der Waals surface area contributed by atoms with E-state index in [0.717, 1.165) is 20.1 Å². The molecule has 0 spiro atoms. The predicted octanol–water partition coefficient (Wildman–Crippen LogP) is 4.33. The molecule has 2 aromatic carbocycles. The SMILES string of the molecule is CC(=O)COC(=O)c1ccccc1CSc1nc2ccccc2s1. The Kier molecular flexibility index (Phi) is 5.27. The number of hydrogen-bond donors (Lipinski definition) is 0. The molecule has 0 aliphatic carbocycles. The van der Waals surface area contributed by atoms with Gasteiger partial charge in [-0.2, -0.15) is 0 Å². The van der Waals surface area contributed by atoms with Gasteiger partial charge in [0.25, 0.3) is 0 Å². The largest absolute Gasteiger partial charge is 0.454 e. The van der Waals surface area contributed by atoms with Gasteiger partial charge >= 0.3 is 5.97 Å². The third-order valence-electron chi connectivity index (χ3n) is 3.27. The number of carbonyl (C=O) groups is 2. The zero-order valence-corrected chi connectivity index (χ0v) is 14.7. The molecule has 0 aliphatic rings. The van der Waals surface area contributed by atoms with E-state index in [2.05, 4.69) is 4.98 Å². The van der Waals surface area contributed by atoms with Crippen LogP contribution in [0.1, 0.15) is 22.8 Å². The number of para-hydroxylation sites is 1. The second kappa shape index (κ2) is 7.59. The lowest BCUT2D eigenvalue weighted by Crippen LogP contribution is -2.13. The Morgan fingerprint density at radius 1 is 1.12 bits per heavy atom. The predicted molar refractivity (Wildman–Crippen MR) is 96.6 cm³/mol. The van der Waals surface area contributed by atoms with Crippen molar-refractivity contribution in [3.8, 4) is 0 Å². The first kappa shape index (κ1) is 16.7. The average Bonchev–Trinajstić information content (AvgIpc) is 3.01. The minimum Gasteiger partial charge on any atom is -0.454 e. The molecule has 0 bridgehead atoms. The number of aromatic nitrogens is 1. The van der Waals surface area contributed by atoms with Gasteiger partial charge in [0.05, 0.1) is 15.8 Å². The first-order valence-corrected chi connectivity index (χ1v) is 9.16. The molecule has 3 rings (SSSR count). The van der Waals surface area contributed by atoms with Crippen LogP contribution in [-0.4, -0.2) is 23.3 Å². The lowest BCUT2D eigenvalue weighted by molar-refractivity contribution is -0.120. The third kappa shape index (κ3) is 4.01. The van der Waals surface area contributed by atoms with Gasteiger partial charge in [0.1, 0.15) is 6.61 Å². The second-order valence-electron chi connectivity index (χ2n) is 5.17. The summed E-state index contributed by atoms with van der Waals surface area (Å²) in [6.45, 7) is 1.19. The van der Waals surface area contributed by atoms with Crippen molar-refractivity contribution < 1.29 is 14.3 Å². The molecule has 0 N–H and O–H groups in total. The number of ether oxygens (including phenoxy) is 1. The zero-order chi connectivity index (χ0) is 16.9. The molecule has 0 saturated carbocycles. The Morgan fingerprint density at radius 3 is 2.67 bits per heavy atom. The maximum atomic E-state index is 12.1. The summed E-state index contributed by atoms with van der Waals surface area (Å²) < 4.78 is 7.13. The van der Waals surface area contributed by atoms with E-state index in [9.17, 15) is 9.59 Å². The number of fused-ring (bicyclic) bond motifs is 1. The number of rotatable bonds is 6. The van der Waals surface area contributed by atoms with Crippen molar-refractivity contribution in [2.24, 2.45) is 0 Å². The number of Topliss-reactive ketones (excluding diaryl/α,β-unsaturated/α-hetero) is 1. The smallest absolute Gasteiger partial charge is 0.338 e. The van der Waals surface area contributed by atoms with E-state index in [0.29, 0.717) is 11.3 Å². The fraction of sp³-hybridized carbons (Fsp3) is 0.167. The zero-order valence-electron chi connectivity index (χ0n) is 13.0. The van der Waals surface area contributed by atoms with Crippen LogP contribution >= 0.6 is 23.1 Å². The number of esters is 1. The molecule has 0 atom stereocenters. The fourth-order valence-corrected chi connectivity index (χ4v) is 4.21. The average molecular weight is 357 g/mol. The summed E-state index contributed by atoms with van der Waals surface area (Å²) in [6, 6.07) is 15.3. The minimum atomic E-state index is -0.467. The van der Waals surface area contributed by atoms with Crippen molar-refractivity contribution in [3.63, 3.8) is 0 Å². The normalized spacial score (nSPS) is 10.7. The Morgan fingerprint density at radius 2 is 1.88 bits per heavy atom. The van der Waals surface area contributed by atoms with Crippen molar-refractivity contribution in [1.82, 2.24) is 4.98 Å². The maximum absolute atomic E-state index is 12.1. The summed E-state index contributed by atoms with van der Waals surface area (Å²) in [4.78, 5) is 27.7. The van der Waals surface area contributed by atoms with Gasteiger partial charge in [-0.1, -0.05) is 42.1 Å². The number of nitrogens with zero attached hydrogens (tertiary/aromatic N) is 1. The number of hydrogen-bond acceptors (Lipinski definition) is 6. The van der Waals surface area contributed by atoms with Gasteiger partial charge in [0.2, 0.25) is 0 Å². The third-order valence-corrected chi connectivity index (χ3v) is 5.50. The molecule has 0 saturated heterocycles. The lowest BCUT2D eigenvalue weighted by Gasteiger charge is -2.08. The first-order valence-electron chi connectivity index (χ1n) is 7.36. The molecule has 0 aliphatic heterocycles. The molecule has 0 radical (unpaired) electrons. The number of benzene rings is 2. The monoisotopic (exact) mass is 357 g/mol. The standard InChI is InChI=1S/C18H15NO3S2/c1-12(20)10-22-17(21)14-7-3-2-6-13(14)11-23-18-19-15-8-4-5-9-16(15)24-18/h2-9H,10-11H2,1H3. The van der Waals surface area contributed by atoms with Crippen LogP contribution in [0.2, 0.25) is 0 Å². The second-order valence-corrected chi connectivity index (χ2v) is 7.42. The highest BCUT2D eigenvalue weighted by molar-refractivity contribution is 8.00. The van der Waals surface area contributed by atoms with Crippen LogP contribution in [0.25, 0.3) is 10.2 Å². The van der Waals surface area contributed by atoms with Crippen LogP contribution in [0, 0.1) is 0 Å². The van der Waals surface area contributed by atoms with Crippen LogP contribution in [-0.2, 0) is 15.3 Å². The molecule has 1 heterocycles. The molecular weight excluding hydrogens is 342 g/mol. The highest BCUT2D eigenvalue weighted by Gasteiger charge is 2.14. The van der Waals surface area contributed by atoms with Gasteiger partial charge in [-0.15, -0.1) is 11.3 Å². The number of thiazole rings is 1. The summed E-state index contributed by atoms with van der Waals surface area (Å²) in [5.74, 6) is -0.0269. The van der Waals surface area contributed by atoms with Crippen LogP contribution in [0.3, 0.4) is 0 Å². The molecule has 0 unspecified atom stereocenters. The van der Waals surface area contributed by atoms with Crippen molar-refractivity contribution in [1.29, 1.82) is 0 Å². The molecule has 122 valence electrons. The van der Waals surface area contributed by atoms with Crippen molar-refractivity contribution in [2.75, 3.05) is 6.61 Å². The Balaban J connectivity index is 1.73. The molecule has 1 aromatic heterocycles. The van der Waals surface area contributed by atoms with Crippen LogP contribution in [0.4, 0.5) is 0 Å². The van der Waals surface area contributed by atoms with Gasteiger partial charge in [0, 0.05) is 5.75 Å².